The molecule has 4 rings (SSSR count). The summed E-state index contributed by atoms with van der Waals surface area (Å²) in [6.45, 7) is 3.33. The first kappa shape index (κ1) is 27.4. The number of ether oxygens (including phenoxy) is 2. The lowest BCUT2D eigenvalue weighted by Crippen LogP contribution is -2.42. The van der Waals surface area contributed by atoms with Crippen LogP contribution in [0.2, 0.25) is 0 Å². The van der Waals surface area contributed by atoms with Crippen molar-refractivity contribution in [3.63, 3.8) is 0 Å². The summed E-state index contributed by atoms with van der Waals surface area (Å²) in [4.78, 5) is 41.4. The van der Waals surface area contributed by atoms with E-state index >= 15 is 0 Å². The molecule has 0 spiro atoms. The number of hydrogen-bond acceptors (Lipinski definition) is 6. The number of rotatable bonds is 8. The number of imide groups is 1. The fourth-order valence-electron chi connectivity index (χ4n) is 4.18. The predicted octanol–water partition coefficient (Wildman–Crippen LogP) is 5.85. The summed E-state index contributed by atoms with van der Waals surface area (Å²) in [5.41, 5.74) is 1.07. The highest BCUT2D eigenvalue weighted by atomic mass is 127. The Balaban J connectivity index is 1.50. The molecule has 0 N–H and O–H groups in total. The van der Waals surface area contributed by atoms with Gasteiger partial charge in [-0.1, -0.05) is 31.0 Å². The average molecular weight is 638 g/mol. The van der Waals surface area contributed by atoms with Gasteiger partial charge in [-0.25, -0.2) is 4.39 Å². The van der Waals surface area contributed by atoms with E-state index in [1.807, 2.05) is 6.92 Å². The summed E-state index contributed by atoms with van der Waals surface area (Å²) in [5, 5.41) is -0.455. The van der Waals surface area contributed by atoms with Crippen LogP contribution in [-0.4, -0.2) is 53.1 Å². The van der Waals surface area contributed by atoms with Gasteiger partial charge in [0.15, 0.2) is 11.5 Å². The van der Waals surface area contributed by atoms with Crippen LogP contribution < -0.4 is 9.47 Å². The van der Waals surface area contributed by atoms with Gasteiger partial charge >= 0.3 is 0 Å². The van der Waals surface area contributed by atoms with Gasteiger partial charge in [0.2, 0.25) is 5.91 Å². The maximum absolute atomic E-state index is 14.0. The molecule has 2 aliphatic rings. The van der Waals surface area contributed by atoms with Gasteiger partial charge in [0.1, 0.15) is 19.0 Å². The lowest BCUT2D eigenvalue weighted by molar-refractivity contribution is -0.135. The first-order chi connectivity index (χ1) is 17.9. The van der Waals surface area contributed by atoms with Crippen molar-refractivity contribution in [3.8, 4) is 11.5 Å². The third kappa shape index (κ3) is 6.84. The van der Waals surface area contributed by atoms with Gasteiger partial charge in [-0.3, -0.25) is 19.3 Å². The molecule has 7 nitrogen and oxygen atoms in total. The molecule has 2 aromatic rings. The summed E-state index contributed by atoms with van der Waals surface area (Å²) >= 11 is 2.92. The molecule has 0 saturated carbocycles. The number of halogens is 2. The monoisotopic (exact) mass is 638 g/mol. The minimum atomic E-state index is -0.481. The van der Waals surface area contributed by atoms with Crippen LogP contribution >= 0.6 is 34.4 Å². The molecule has 2 heterocycles. The van der Waals surface area contributed by atoms with Gasteiger partial charge in [-0.15, -0.1) is 0 Å². The van der Waals surface area contributed by atoms with Crippen molar-refractivity contribution < 1.29 is 28.2 Å². The van der Waals surface area contributed by atoms with Crippen LogP contribution in [0.25, 0.3) is 6.08 Å². The molecule has 3 amide bonds. The minimum Gasteiger partial charge on any atom is -0.490 e. The van der Waals surface area contributed by atoms with Gasteiger partial charge in [0.05, 0.1) is 15.1 Å². The summed E-state index contributed by atoms with van der Waals surface area (Å²) in [6, 6.07) is 9.92. The molecule has 2 saturated heterocycles. The highest BCUT2D eigenvalue weighted by Crippen LogP contribution is 2.38. The SMILES string of the molecule is CCOc1cc(C=C2SC(=O)N(CC(=O)N3CCCCCC3)C2=O)cc(I)c1OCc1ccccc1F. The number of amides is 3. The van der Waals surface area contributed by atoms with E-state index in [2.05, 4.69) is 22.6 Å². The fourth-order valence-corrected chi connectivity index (χ4v) is 5.80. The Labute approximate surface area is 233 Å². The maximum atomic E-state index is 14.0. The van der Waals surface area contributed by atoms with Crippen molar-refractivity contribution >= 4 is 57.5 Å². The van der Waals surface area contributed by atoms with E-state index in [0.29, 0.717) is 45.9 Å². The van der Waals surface area contributed by atoms with Gasteiger partial charge in [0, 0.05) is 18.7 Å². The molecule has 0 unspecified atom stereocenters. The molecule has 0 bridgehead atoms. The van der Waals surface area contributed by atoms with Gasteiger partial charge in [0.25, 0.3) is 11.1 Å². The predicted molar refractivity (Wildman–Crippen MR) is 149 cm³/mol. The molecule has 10 heteroatoms. The number of thioether (sulfide) groups is 1. The standard InChI is InChI=1S/C27H28FIN2O5S/c1-2-35-22-14-18(13-21(29)25(22)36-17-19-9-5-6-10-20(19)28)15-23-26(33)31(27(34)37-23)16-24(32)30-11-7-3-4-8-12-30/h5-6,9-10,13-15H,2-4,7-8,11-12,16-17H2,1H3. The maximum Gasteiger partial charge on any atom is 0.294 e. The second-order valence-corrected chi connectivity index (χ2v) is 10.9. The van der Waals surface area contributed by atoms with E-state index in [-0.39, 0.29) is 29.8 Å². The largest absolute Gasteiger partial charge is 0.490 e. The van der Waals surface area contributed by atoms with E-state index in [0.717, 1.165) is 42.3 Å². The molecular formula is C27H28FIN2O5S. The summed E-state index contributed by atoms with van der Waals surface area (Å²) < 4.78 is 26.4. The quantitative estimate of drug-likeness (QED) is 0.267. The van der Waals surface area contributed by atoms with Crippen LogP contribution in [0, 0.1) is 9.39 Å². The smallest absolute Gasteiger partial charge is 0.294 e. The molecule has 2 aliphatic heterocycles. The number of nitrogens with zero attached hydrogens (tertiary/aromatic N) is 2. The molecule has 0 atom stereocenters. The van der Waals surface area contributed by atoms with Crippen LogP contribution in [0.1, 0.15) is 43.7 Å². The number of carbonyl (C=O) groups is 3. The van der Waals surface area contributed by atoms with E-state index in [1.165, 1.54) is 6.07 Å². The van der Waals surface area contributed by atoms with Crippen LogP contribution in [0.15, 0.2) is 41.3 Å². The van der Waals surface area contributed by atoms with Crippen molar-refractivity contribution in [2.24, 2.45) is 0 Å². The molecule has 0 aromatic heterocycles. The van der Waals surface area contributed by atoms with Crippen molar-refractivity contribution in [2.45, 2.75) is 39.2 Å². The number of carbonyl (C=O) groups excluding carboxylic acids is 3. The Morgan fingerprint density at radius 2 is 1.84 bits per heavy atom. The van der Waals surface area contributed by atoms with Crippen LogP contribution in [0.4, 0.5) is 9.18 Å². The van der Waals surface area contributed by atoms with Crippen LogP contribution in [0.3, 0.4) is 0 Å². The van der Waals surface area contributed by atoms with Gasteiger partial charge in [-0.2, -0.15) is 0 Å². The second-order valence-electron chi connectivity index (χ2n) is 8.71. The normalized spacial score (nSPS) is 17.3. The van der Waals surface area contributed by atoms with Crippen molar-refractivity contribution in [3.05, 3.63) is 61.8 Å². The lowest BCUT2D eigenvalue weighted by Gasteiger charge is -2.22. The molecule has 2 aromatic carbocycles. The zero-order valence-electron chi connectivity index (χ0n) is 20.5. The highest BCUT2D eigenvalue weighted by Gasteiger charge is 2.37. The Morgan fingerprint density at radius 3 is 2.54 bits per heavy atom. The van der Waals surface area contributed by atoms with Crippen molar-refractivity contribution in [2.75, 3.05) is 26.2 Å². The van der Waals surface area contributed by atoms with Gasteiger partial charge < -0.3 is 14.4 Å². The molecular weight excluding hydrogens is 610 g/mol. The van der Waals surface area contributed by atoms with E-state index in [1.54, 1.807) is 41.3 Å². The second kappa shape index (κ2) is 12.8. The first-order valence-corrected chi connectivity index (χ1v) is 14.1. The average Bonchev–Trinajstić information content (AvgIpc) is 3.05. The first-order valence-electron chi connectivity index (χ1n) is 12.2. The van der Waals surface area contributed by atoms with Crippen molar-refractivity contribution in [1.82, 2.24) is 9.80 Å². The minimum absolute atomic E-state index is 0.0338. The Hall–Kier alpha value is -2.60. The Bertz CT molecular complexity index is 1210. The number of benzene rings is 2. The summed E-state index contributed by atoms with van der Waals surface area (Å²) in [6.07, 6.45) is 5.67. The third-order valence-corrected chi connectivity index (χ3v) is 7.79. The summed E-state index contributed by atoms with van der Waals surface area (Å²) in [5.74, 6) is -0.107. The van der Waals surface area contributed by atoms with E-state index < -0.39 is 11.1 Å². The van der Waals surface area contributed by atoms with Crippen molar-refractivity contribution in [1.29, 1.82) is 0 Å². The highest BCUT2D eigenvalue weighted by molar-refractivity contribution is 14.1. The third-order valence-electron chi connectivity index (χ3n) is 6.09. The molecule has 37 heavy (non-hydrogen) atoms. The molecule has 2 fully saturated rings. The number of likely N-dealkylation sites (tertiary alicyclic amines) is 1. The van der Waals surface area contributed by atoms with Crippen LogP contribution in [-0.2, 0) is 16.2 Å². The zero-order valence-corrected chi connectivity index (χ0v) is 23.5. The van der Waals surface area contributed by atoms with Crippen LogP contribution in [0.5, 0.6) is 11.5 Å². The Morgan fingerprint density at radius 1 is 1.11 bits per heavy atom. The fraction of sp³-hybridized carbons (Fsp3) is 0.370. The Kier molecular flexibility index (Phi) is 9.47. The van der Waals surface area contributed by atoms with E-state index in [9.17, 15) is 18.8 Å². The molecule has 0 radical (unpaired) electrons. The zero-order chi connectivity index (χ0) is 26.4. The topological polar surface area (TPSA) is 76.2 Å². The molecule has 196 valence electrons. The van der Waals surface area contributed by atoms with E-state index in [4.69, 9.17) is 9.47 Å². The summed E-state index contributed by atoms with van der Waals surface area (Å²) in [7, 11) is 0. The lowest BCUT2D eigenvalue weighted by atomic mass is 10.1. The number of hydrogen-bond donors (Lipinski definition) is 0. The van der Waals surface area contributed by atoms with Gasteiger partial charge in [-0.05, 0) is 84.0 Å². The molecule has 0 aliphatic carbocycles.